The van der Waals surface area contributed by atoms with E-state index in [-0.39, 0.29) is 30.1 Å². The molecule has 0 spiro atoms. The van der Waals surface area contributed by atoms with Gasteiger partial charge in [-0.2, -0.15) is 0 Å². The highest BCUT2D eigenvalue weighted by molar-refractivity contribution is 6.22. The zero-order valence-electron chi connectivity index (χ0n) is 15.7. The van der Waals surface area contributed by atoms with Crippen LogP contribution in [0, 0.1) is 5.82 Å². The summed E-state index contributed by atoms with van der Waals surface area (Å²) in [6.45, 7) is 3.02. The Labute approximate surface area is 163 Å². The van der Waals surface area contributed by atoms with Crippen molar-refractivity contribution in [3.63, 3.8) is 0 Å². The number of quaternary nitrogens is 1. The molecule has 28 heavy (non-hydrogen) atoms. The van der Waals surface area contributed by atoms with Crippen LogP contribution >= 0.6 is 0 Å². The number of para-hydroxylation sites is 2. The standard InChI is InChI=1S/C21H22FN3O3/c1-28-19-5-3-2-4-17(19)25-20(26)14-18(21(25)27)24-12-10-23(11-13-24)16-8-6-15(22)7-9-16/h2-9,18H,10-14H2,1H3/p+1/t18-/m1/s1. The zero-order chi connectivity index (χ0) is 19.7. The van der Waals surface area contributed by atoms with Crippen molar-refractivity contribution in [3.05, 3.63) is 54.3 Å². The molecule has 0 saturated carbocycles. The van der Waals surface area contributed by atoms with Crippen LogP contribution in [0.4, 0.5) is 15.8 Å². The summed E-state index contributed by atoms with van der Waals surface area (Å²) in [6.07, 6.45) is 0.211. The fourth-order valence-electron chi connectivity index (χ4n) is 4.07. The number of hydrogen-bond donors (Lipinski definition) is 1. The fourth-order valence-corrected chi connectivity index (χ4v) is 4.07. The third-order valence-electron chi connectivity index (χ3n) is 5.56. The van der Waals surface area contributed by atoms with Gasteiger partial charge in [-0.3, -0.25) is 9.59 Å². The van der Waals surface area contributed by atoms with Crippen molar-refractivity contribution < 1.29 is 23.6 Å². The Hall–Kier alpha value is -2.93. The largest absolute Gasteiger partial charge is 0.495 e. The number of anilines is 2. The van der Waals surface area contributed by atoms with E-state index in [0.29, 0.717) is 11.4 Å². The van der Waals surface area contributed by atoms with E-state index < -0.39 is 0 Å². The van der Waals surface area contributed by atoms with Crippen molar-refractivity contribution in [1.82, 2.24) is 0 Å². The number of carbonyl (C=O) groups is 2. The summed E-state index contributed by atoms with van der Waals surface area (Å²) < 4.78 is 18.4. The first kappa shape index (κ1) is 18.4. The maximum Gasteiger partial charge on any atom is 0.292 e. The lowest BCUT2D eigenvalue weighted by Crippen LogP contribution is -3.19. The fraction of sp³-hybridized carbons (Fsp3) is 0.333. The molecule has 2 amide bonds. The quantitative estimate of drug-likeness (QED) is 0.795. The van der Waals surface area contributed by atoms with Crippen LogP contribution in [0.15, 0.2) is 48.5 Å². The average molecular weight is 384 g/mol. The van der Waals surface area contributed by atoms with Crippen molar-refractivity contribution in [1.29, 1.82) is 0 Å². The molecular formula is C21H23FN3O3+. The number of benzene rings is 2. The molecule has 0 aromatic heterocycles. The number of methoxy groups -OCH3 is 1. The molecule has 0 radical (unpaired) electrons. The molecule has 4 rings (SSSR count). The Morgan fingerprint density at radius 1 is 1.04 bits per heavy atom. The second-order valence-corrected chi connectivity index (χ2v) is 7.12. The van der Waals surface area contributed by atoms with E-state index >= 15 is 0 Å². The van der Waals surface area contributed by atoms with Gasteiger partial charge in [-0.05, 0) is 36.4 Å². The lowest BCUT2D eigenvalue weighted by atomic mass is 10.1. The maximum absolute atomic E-state index is 13.1. The van der Waals surface area contributed by atoms with E-state index in [2.05, 4.69) is 4.90 Å². The molecule has 2 aromatic carbocycles. The smallest absolute Gasteiger partial charge is 0.292 e. The van der Waals surface area contributed by atoms with Gasteiger partial charge in [-0.25, -0.2) is 9.29 Å². The Balaban J connectivity index is 1.45. The van der Waals surface area contributed by atoms with Gasteiger partial charge >= 0.3 is 0 Å². The predicted molar refractivity (Wildman–Crippen MR) is 103 cm³/mol. The van der Waals surface area contributed by atoms with E-state index in [1.807, 2.05) is 6.07 Å². The van der Waals surface area contributed by atoms with Crippen molar-refractivity contribution >= 4 is 23.2 Å². The van der Waals surface area contributed by atoms with Crippen molar-refractivity contribution in [3.8, 4) is 5.75 Å². The molecular weight excluding hydrogens is 361 g/mol. The van der Waals surface area contributed by atoms with Crippen LogP contribution in [-0.4, -0.2) is 51.1 Å². The van der Waals surface area contributed by atoms with Crippen molar-refractivity contribution in [2.45, 2.75) is 12.5 Å². The monoisotopic (exact) mass is 384 g/mol. The minimum absolute atomic E-state index is 0.167. The second-order valence-electron chi connectivity index (χ2n) is 7.12. The third kappa shape index (κ3) is 3.33. The number of ether oxygens (including phenoxy) is 1. The molecule has 1 atom stereocenters. The number of carbonyl (C=O) groups excluding carboxylic acids is 2. The molecule has 146 valence electrons. The van der Waals surface area contributed by atoms with Crippen LogP contribution in [0.2, 0.25) is 0 Å². The van der Waals surface area contributed by atoms with Gasteiger partial charge in [0, 0.05) is 5.69 Å². The molecule has 2 saturated heterocycles. The van der Waals surface area contributed by atoms with Gasteiger partial charge in [-0.15, -0.1) is 0 Å². The summed E-state index contributed by atoms with van der Waals surface area (Å²) in [5, 5.41) is 0. The highest BCUT2D eigenvalue weighted by atomic mass is 19.1. The van der Waals surface area contributed by atoms with Gasteiger partial charge in [0.1, 0.15) is 11.6 Å². The van der Waals surface area contributed by atoms with Gasteiger partial charge in [0.05, 0.1) is 45.4 Å². The molecule has 2 heterocycles. The summed E-state index contributed by atoms with van der Waals surface area (Å²) in [5.74, 6) is -0.0896. The van der Waals surface area contributed by atoms with Gasteiger partial charge < -0.3 is 14.5 Å². The highest BCUT2D eigenvalue weighted by Crippen LogP contribution is 2.31. The number of rotatable bonds is 4. The van der Waals surface area contributed by atoms with Crippen LogP contribution in [-0.2, 0) is 9.59 Å². The Morgan fingerprint density at radius 3 is 2.39 bits per heavy atom. The van der Waals surface area contributed by atoms with E-state index in [9.17, 15) is 14.0 Å². The molecule has 0 bridgehead atoms. The number of imide groups is 1. The first-order valence-electron chi connectivity index (χ1n) is 9.43. The third-order valence-corrected chi connectivity index (χ3v) is 5.56. The van der Waals surface area contributed by atoms with E-state index in [4.69, 9.17) is 4.74 Å². The summed E-state index contributed by atoms with van der Waals surface area (Å²) in [5.41, 5.74) is 1.48. The van der Waals surface area contributed by atoms with E-state index in [1.54, 1.807) is 30.3 Å². The minimum atomic E-state index is -0.368. The van der Waals surface area contributed by atoms with Crippen LogP contribution in [0.25, 0.3) is 0 Å². The van der Waals surface area contributed by atoms with Gasteiger partial charge in [0.25, 0.3) is 5.91 Å². The van der Waals surface area contributed by atoms with Gasteiger partial charge in [0.2, 0.25) is 5.91 Å². The van der Waals surface area contributed by atoms with Crippen LogP contribution in [0.5, 0.6) is 5.75 Å². The van der Waals surface area contributed by atoms with Crippen LogP contribution < -0.4 is 19.4 Å². The van der Waals surface area contributed by atoms with Gasteiger partial charge in [-0.1, -0.05) is 12.1 Å². The normalized spacial score (nSPS) is 20.7. The minimum Gasteiger partial charge on any atom is -0.495 e. The first-order valence-corrected chi connectivity index (χ1v) is 9.43. The Morgan fingerprint density at radius 2 is 1.71 bits per heavy atom. The van der Waals surface area contributed by atoms with Crippen molar-refractivity contribution in [2.75, 3.05) is 43.1 Å². The van der Waals surface area contributed by atoms with Crippen molar-refractivity contribution in [2.24, 2.45) is 0 Å². The summed E-state index contributed by atoms with van der Waals surface area (Å²) >= 11 is 0. The maximum atomic E-state index is 13.1. The summed E-state index contributed by atoms with van der Waals surface area (Å²) in [7, 11) is 1.53. The molecule has 0 aliphatic carbocycles. The number of hydrogen-bond acceptors (Lipinski definition) is 4. The number of amides is 2. The molecule has 2 aromatic rings. The SMILES string of the molecule is COc1ccccc1N1C(=O)C[C@@H]([NH+]2CCN(c3ccc(F)cc3)CC2)C1=O. The zero-order valence-corrected chi connectivity index (χ0v) is 15.7. The molecule has 2 aliphatic rings. The number of halogens is 1. The topological polar surface area (TPSA) is 54.3 Å². The van der Waals surface area contributed by atoms with Crippen LogP contribution in [0.1, 0.15) is 6.42 Å². The molecule has 2 aliphatic heterocycles. The molecule has 2 fully saturated rings. The summed E-state index contributed by atoms with van der Waals surface area (Å²) in [4.78, 5) is 30.2. The molecule has 0 unspecified atom stereocenters. The highest BCUT2D eigenvalue weighted by Gasteiger charge is 2.47. The number of piperazine rings is 1. The number of nitrogens with one attached hydrogen (secondary N) is 1. The predicted octanol–water partition coefficient (Wildman–Crippen LogP) is 0.871. The molecule has 6 nitrogen and oxygen atoms in total. The van der Waals surface area contributed by atoms with E-state index in [1.165, 1.54) is 24.1 Å². The Kier molecular flexibility index (Phi) is 5.00. The number of nitrogens with zero attached hydrogens (tertiary/aromatic N) is 2. The molecule has 1 N–H and O–H groups in total. The van der Waals surface area contributed by atoms with Gasteiger partial charge in [0.15, 0.2) is 6.04 Å². The summed E-state index contributed by atoms with van der Waals surface area (Å²) in [6, 6.07) is 13.2. The van der Waals surface area contributed by atoms with E-state index in [0.717, 1.165) is 36.8 Å². The molecule has 7 heteroatoms. The lowest BCUT2D eigenvalue weighted by molar-refractivity contribution is -0.915. The lowest BCUT2D eigenvalue weighted by Gasteiger charge is -2.35. The first-order chi connectivity index (χ1) is 13.6. The van der Waals surface area contributed by atoms with Crippen LogP contribution in [0.3, 0.4) is 0 Å². The Bertz CT molecular complexity index is 879. The second kappa shape index (κ2) is 7.59. The average Bonchev–Trinajstić information content (AvgIpc) is 3.02.